The number of carbonyl (C=O) groups excluding carboxylic acids is 2. The lowest BCUT2D eigenvalue weighted by Gasteiger charge is -2.24. The number of halogens is 3. The molecule has 12 heteroatoms. The van der Waals surface area contributed by atoms with Gasteiger partial charge in [0.2, 0.25) is 0 Å². The van der Waals surface area contributed by atoms with Crippen molar-refractivity contribution in [2.75, 3.05) is 6.61 Å². The molecule has 1 fully saturated rings. The van der Waals surface area contributed by atoms with Crippen LogP contribution in [0.2, 0.25) is 25.7 Å². The van der Waals surface area contributed by atoms with Crippen molar-refractivity contribution in [3.05, 3.63) is 99.3 Å². The Balaban J connectivity index is 1.36. The molecular formula is C35H38F3N3O5Si. The van der Waals surface area contributed by atoms with Crippen molar-refractivity contribution in [2.24, 2.45) is 17.8 Å². The minimum atomic E-state index is -4.64. The topological polar surface area (TPSA) is 100 Å². The lowest BCUT2D eigenvalue weighted by atomic mass is 9.84. The second kappa shape index (κ2) is 13.8. The van der Waals surface area contributed by atoms with Crippen LogP contribution >= 0.6 is 0 Å². The molecule has 0 aliphatic heterocycles. The maximum absolute atomic E-state index is 13.8. The second-order valence-electron chi connectivity index (χ2n) is 13.4. The molecule has 0 radical (unpaired) electrons. The third-order valence-corrected chi connectivity index (χ3v) is 10.3. The minimum Gasteiger partial charge on any atom is -0.489 e. The summed E-state index contributed by atoms with van der Waals surface area (Å²) in [6.45, 7) is 8.99. The highest BCUT2D eigenvalue weighted by Gasteiger charge is 2.46. The smallest absolute Gasteiger partial charge is 0.416 e. The van der Waals surface area contributed by atoms with Crippen molar-refractivity contribution in [3.63, 3.8) is 0 Å². The summed E-state index contributed by atoms with van der Waals surface area (Å²) >= 11 is 0. The van der Waals surface area contributed by atoms with Crippen molar-refractivity contribution in [1.82, 2.24) is 15.0 Å². The number of ketones is 1. The number of nitrogens with zero attached hydrogens (tertiary/aromatic N) is 3. The number of hydrogen-bond acceptors (Lipinski definition) is 7. The Kier molecular flexibility index (Phi) is 9.99. The molecule has 1 aliphatic carbocycles. The van der Waals surface area contributed by atoms with Gasteiger partial charge in [-0.2, -0.15) is 13.2 Å². The van der Waals surface area contributed by atoms with Gasteiger partial charge in [-0.05, 0) is 79.8 Å². The van der Waals surface area contributed by atoms with Gasteiger partial charge in [0.15, 0.2) is 5.78 Å². The first-order valence-electron chi connectivity index (χ1n) is 15.6. The van der Waals surface area contributed by atoms with Gasteiger partial charge in [0.05, 0.1) is 30.0 Å². The number of aromatic nitrogens is 3. The first-order valence-corrected chi connectivity index (χ1v) is 19.3. The lowest BCUT2D eigenvalue weighted by Crippen LogP contribution is -2.36. The number of alkyl halides is 3. The molecule has 3 atom stereocenters. The molecule has 1 aliphatic rings. The predicted molar refractivity (Wildman–Crippen MR) is 174 cm³/mol. The van der Waals surface area contributed by atoms with Crippen LogP contribution in [0.5, 0.6) is 5.75 Å². The van der Waals surface area contributed by atoms with E-state index in [0.29, 0.717) is 30.8 Å². The van der Waals surface area contributed by atoms with Crippen LogP contribution in [-0.4, -0.2) is 41.4 Å². The van der Waals surface area contributed by atoms with Crippen molar-refractivity contribution < 1.29 is 32.2 Å². The van der Waals surface area contributed by atoms with E-state index in [-0.39, 0.29) is 29.8 Å². The minimum absolute atomic E-state index is 0.0346. The predicted octanol–water partition coefficient (Wildman–Crippen LogP) is 7.10. The van der Waals surface area contributed by atoms with Crippen LogP contribution in [0.25, 0.3) is 10.9 Å². The largest absolute Gasteiger partial charge is 0.489 e. The summed E-state index contributed by atoms with van der Waals surface area (Å²) in [6.07, 6.45) is -3.85. The van der Waals surface area contributed by atoms with E-state index >= 15 is 0 Å². The molecule has 1 saturated carbocycles. The molecule has 248 valence electrons. The molecule has 1 heterocycles. The molecule has 47 heavy (non-hydrogen) atoms. The summed E-state index contributed by atoms with van der Waals surface area (Å²) in [7, 11) is -1.52. The Morgan fingerprint density at radius 1 is 1.00 bits per heavy atom. The molecule has 8 nitrogen and oxygen atoms in total. The normalized spacial score (nSPS) is 18.3. The first kappa shape index (κ1) is 34.0. The van der Waals surface area contributed by atoms with Gasteiger partial charge < -0.3 is 9.47 Å². The van der Waals surface area contributed by atoms with Gasteiger partial charge >= 0.3 is 12.1 Å². The van der Waals surface area contributed by atoms with Crippen LogP contribution in [0.4, 0.5) is 13.2 Å². The van der Waals surface area contributed by atoms with Gasteiger partial charge in [0.25, 0.3) is 5.56 Å². The summed E-state index contributed by atoms with van der Waals surface area (Å²) in [5.74, 6) is -2.25. The van der Waals surface area contributed by atoms with Gasteiger partial charge in [-0.15, -0.1) is 5.10 Å². The molecule has 0 bridgehead atoms. The van der Waals surface area contributed by atoms with Crippen LogP contribution in [0.15, 0.2) is 71.5 Å². The van der Waals surface area contributed by atoms with E-state index in [1.54, 1.807) is 24.3 Å². The SMILES string of the molecule is Cc1cccc(COc2ccc(C(=O)[C@H]3CC[C@@H](Cn4nnc5ccc(C(F)(F)F)cc5c4=O)[C@@H]3C(=O)OCC[Si](C)(C)C)cc2)c1. The molecule has 3 aromatic carbocycles. The van der Waals surface area contributed by atoms with E-state index in [4.69, 9.17) is 9.47 Å². The monoisotopic (exact) mass is 665 g/mol. The molecule has 0 unspecified atom stereocenters. The average Bonchev–Trinajstić information content (AvgIpc) is 3.43. The molecule has 0 amide bonds. The number of aryl methyl sites for hydroxylation is 1. The summed E-state index contributed by atoms with van der Waals surface area (Å²) in [6, 6.07) is 18.2. The highest BCUT2D eigenvalue weighted by molar-refractivity contribution is 6.76. The summed E-state index contributed by atoms with van der Waals surface area (Å²) in [4.78, 5) is 40.7. The third kappa shape index (κ3) is 8.34. The first-order chi connectivity index (χ1) is 22.2. The number of Topliss-reactive ketones (excluding diaryl/α,β-unsaturated/α-hetero) is 1. The lowest BCUT2D eigenvalue weighted by molar-refractivity contribution is -0.150. The summed E-state index contributed by atoms with van der Waals surface area (Å²) in [5, 5.41) is 7.69. The van der Waals surface area contributed by atoms with Gasteiger partial charge in [0, 0.05) is 19.6 Å². The van der Waals surface area contributed by atoms with Crippen LogP contribution in [0.1, 0.15) is 39.9 Å². The number of fused-ring (bicyclic) bond motifs is 1. The number of hydrogen-bond donors (Lipinski definition) is 0. The molecule has 0 spiro atoms. The molecule has 1 aromatic heterocycles. The second-order valence-corrected chi connectivity index (χ2v) is 19.0. The Labute approximate surface area is 271 Å². The van der Waals surface area contributed by atoms with Crippen molar-refractivity contribution in [3.8, 4) is 5.75 Å². The van der Waals surface area contributed by atoms with E-state index in [1.165, 1.54) is 0 Å². The van der Waals surface area contributed by atoms with Crippen molar-refractivity contribution in [2.45, 2.75) is 64.8 Å². The highest BCUT2D eigenvalue weighted by atomic mass is 28.3. The van der Waals surface area contributed by atoms with Crippen LogP contribution in [0.3, 0.4) is 0 Å². The molecule has 0 N–H and O–H groups in total. The number of carbonyl (C=O) groups is 2. The number of rotatable bonds is 11. The van der Waals surface area contributed by atoms with Gasteiger partial charge in [-0.3, -0.25) is 14.4 Å². The van der Waals surface area contributed by atoms with Gasteiger partial charge in [-0.1, -0.05) is 54.7 Å². The van der Waals surface area contributed by atoms with E-state index < -0.39 is 49.1 Å². The van der Waals surface area contributed by atoms with Crippen molar-refractivity contribution >= 4 is 30.7 Å². The fourth-order valence-corrected chi connectivity index (χ4v) is 6.70. The molecule has 0 saturated heterocycles. The van der Waals surface area contributed by atoms with E-state index in [0.717, 1.165) is 40.1 Å². The zero-order valence-electron chi connectivity index (χ0n) is 26.8. The van der Waals surface area contributed by atoms with Crippen LogP contribution < -0.4 is 10.3 Å². The van der Waals surface area contributed by atoms with E-state index in [9.17, 15) is 27.6 Å². The molecular weight excluding hydrogens is 627 g/mol. The van der Waals surface area contributed by atoms with E-state index in [2.05, 4.69) is 30.0 Å². The summed E-state index contributed by atoms with van der Waals surface area (Å²) in [5.41, 5.74) is 0.886. The molecule has 5 rings (SSSR count). The Hall–Kier alpha value is -4.32. The maximum atomic E-state index is 13.8. The Bertz CT molecular complexity index is 1820. The quantitative estimate of drug-likeness (QED) is 0.0957. The van der Waals surface area contributed by atoms with E-state index in [1.807, 2.05) is 31.2 Å². The number of esters is 1. The average molecular weight is 666 g/mol. The Morgan fingerprint density at radius 2 is 1.74 bits per heavy atom. The zero-order valence-corrected chi connectivity index (χ0v) is 27.8. The van der Waals surface area contributed by atoms with Gasteiger partial charge in [0.1, 0.15) is 17.9 Å². The Morgan fingerprint density at radius 3 is 2.43 bits per heavy atom. The fourth-order valence-electron chi connectivity index (χ4n) is 5.98. The van der Waals surface area contributed by atoms with Crippen LogP contribution in [-0.2, 0) is 28.9 Å². The number of ether oxygens (including phenoxy) is 2. The van der Waals surface area contributed by atoms with Crippen molar-refractivity contribution in [1.29, 1.82) is 0 Å². The number of benzene rings is 3. The fraction of sp³-hybridized carbons (Fsp3) is 0.400. The van der Waals surface area contributed by atoms with Crippen LogP contribution in [0, 0.1) is 24.7 Å². The third-order valence-electron chi connectivity index (χ3n) is 8.58. The maximum Gasteiger partial charge on any atom is 0.416 e. The summed E-state index contributed by atoms with van der Waals surface area (Å²) < 4.78 is 52.7. The highest BCUT2D eigenvalue weighted by Crippen LogP contribution is 2.41. The standard InChI is InChI=1S/C35H38F3N3O5Si/c1-22-6-5-7-23(18-22)21-46-27-12-8-24(9-13-27)32(42)28-14-10-25(31(28)34(44)45-16-17-47(2,3)4)20-41-33(43)29-19-26(35(36,37)38)11-15-30(29)39-40-41/h5-9,11-13,15,18-19,25,28,31H,10,14,16-17,20-21H2,1-4H3/t25-,28-,31-/m0/s1. The van der Waals surface area contributed by atoms with Gasteiger partial charge in [-0.25, -0.2) is 4.68 Å². The molecule has 4 aromatic rings. The zero-order chi connectivity index (χ0) is 33.9.